The van der Waals surface area contributed by atoms with Crippen molar-refractivity contribution in [3.63, 3.8) is 0 Å². The second kappa shape index (κ2) is 7.76. The molecule has 0 bridgehead atoms. The molecule has 0 unspecified atom stereocenters. The Kier molecular flexibility index (Phi) is 8.28. The zero-order valence-corrected chi connectivity index (χ0v) is 7.70. The van der Waals surface area contributed by atoms with Crippen molar-refractivity contribution in [1.82, 2.24) is 0 Å². The van der Waals surface area contributed by atoms with Gasteiger partial charge in [0, 0.05) is 17.8 Å². The van der Waals surface area contributed by atoms with Gasteiger partial charge in [-0.15, -0.1) is 0 Å². The Balaban J connectivity index is 2.77. The van der Waals surface area contributed by atoms with E-state index in [9.17, 15) is 0 Å². The van der Waals surface area contributed by atoms with E-state index in [-0.39, 0.29) is 0 Å². The second-order valence-electron chi connectivity index (χ2n) is 1.86. The molecule has 2 N–H and O–H groups in total. The third kappa shape index (κ3) is 8.66. The summed E-state index contributed by atoms with van der Waals surface area (Å²) in [7, 11) is -2.16. The minimum absolute atomic E-state index is 0.841. The molecule has 0 aromatic carbocycles. The first kappa shape index (κ1) is 10.7. The van der Waals surface area contributed by atoms with Crippen molar-refractivity contribution in [3.05, 3.63) is 0 Å². The molecule has 0 amide bonds. The first-order chi connectivity index (χ1) is 4.77. The van der Waals surface area contributed by atoms with Crippen molar-refractivity contribution >= 4 is 20.6 Å². The molecule has 0 saturated heterocycles. The summed E-state index contributed by atoms with van der Waals surface area (Å²) in [6, 6.07) is 0. The van der Waals surface area contributed by atoms with Crippen molar-refractivity contribution in [1.29, 1.82) is 0 Å². The minimum atomic E-state index is -2.16. The Bertz CT molecular complexity index is 71.9. The maximum atomic E-state index is 8.29. The number of unbranched alkanes of at least 4 members (excludes halogenated alkanes) is 2. The van der Waals surface area contributed by atoms with Gasteiger partial charge in [0.25, 0.3) is 0 Å². The van der Waals surface area contributed by atoms with Gasteiger partial charge in [0.15, 0.2) is 0 Å². The molecule has 0 saturated carbocycles. The first-order valence-electron chi connectivity index (χ1n) is 3.25. The van der Waals surface area contributed by atoms with E-state index >= 15 is 0 Å². The molecule has 0 fully saturated rings. The second-order valence-corrected chi connectivity index (χ2v) is 3.60. The van der Waals surface area contributed by atoms with Crippen LogP contribution in [-0.2, 0) is 3.97 Å². The highest BCUT2D eigenvalue weighted by Crippen LogP contribution is 2.31. The van der Waals surface area contributed by atoms with E-state index in [1.54, 1.807) is 0 Å². The van der Waals surface area contributed by atoms with Crippen LogP contribution >= 0.6 is 20.6 Å². The van der Waals surface area contributed by atoms with Crippen LogP contribution in [0.5, 0.6) is 0 Å². The maximum absolute atomic E-state index is 8.29. The predicted octanol–water partition coefficient (Wildman–Crippen LogP) is 2.05. The van der Waals surface area contributed by atoms with Gasteiger partial charge in [-0.3, -0.25) is 0 Å². The Hall–Kier alpha value is 0.660. The van der Waals surface area contributed by atoms with E-state index in [4.69, 9.17) is 9.79 Å². The lowest BCUT2D eigenvalue weighted by molar-refractivity contribution is 0.397. The molecule has 0 atom stereocenters. The third-order valence-corrected chi connectivity index (χ3v) is 2.36. The molecule has 0 aliphatic heterocycles. The smallest absolute Gasteiger partial charge is 0.328 e. The summed E-state index contributed by atoms with van der Waals surface area (Å²) in [5.74, 6) is 0.841. The summed E-state index contributed by atoms with van der Waals surface area (Å²) in [5, 5.41) is 0. The molecule has 3 nitrogen and oxygen atoms in total. The van der Waals surface area contributed by atoms with Gasteiger partial charge < -0.3 is 9.79 Å². The van der Waals surface area contributed by atoms with Crippen LogP contribution in [0.2, 0.25) is 0 Å². The van der Waals surface area contributed by atoms with Gasteiger partial charge in [-0.1, -0.05) is 19.8 Å². The molecule has 62 valence electrons. The van der Waals surface area contributed by atoms with Crippen molar-refractivity contribution in [2.75, 3.05) is 5.75 Å². The highest BCUT2D eigenvalue weighted by molar-refractivity contribution is 7.97. The zero-order chi connectivity index (χ0) is 7.82. The van der Waals surface area contributed by atoms with Crippen molar-refractivity contribution in [2.24, 2.45) is 0 Å². The molecule has 0 aliphatic rings. The molecule has 0 spiro atoms. The van der Waals surface area contributed by atoms with Crippen LogP contribution in [0.25, 0.3) is 0 Å². The lowest BCUT2D eigenvalue weighted by atomic mass is 10.3. The molecular formula is C5H13O3PS. The molecule has 5 heteroatoms. The Morgan fingerprint density at radius 2 is 2.10 bits per heavy atom. The van der Waals surface area contributed by atoms with Crippen LogP contribution in [0.1, 0.15) is 26.2 Å². The molecule has 0 rings (SSSR count). The quantitative estimate of drug-likeness (QED) is 0.377. The van der Waals surface area contributed by atoms with Gasteiger partial charge >= 0.3 is 8.60 Å². The van der Waals surface area contributed by atoms with Gasteiger partial charge in [-0.25, -0.2) is 3.97 Å². The fraction of sp³-hybridized carbons (Fsp3) is 1.00. The molecule has 0 heterocycles. The normalized spacial score (nSPS) is 10.8. The van der Waals surface area contributed by atoms with Crippen molar-refractivity contribution < 1.29 is 13.8 Å². The minimum Gasteiger partial charge on any atom is -0.328 e. The van der Waals surface area contributed by atoms with E-state index in [2.05, 4.69) is 10.9 Å². The van der Waals surface area contributed by atoms with Gasteiger partial charge in [0.1, 0.15) is 0 Å². The van der Waals surface area contributed by atoms with Crippen LogP contribution in [0, 0.1) is 0 Å². The molecule has 0 aromatic rings. The lowest BCUT2D eigenvalue weighted by Gasteiger charge is -2.00. The van der Waals surface area contributed by atoms with Crippen molar-refractivity contribution in [3.8, 4) is 0 Å². The highest BCUT2D eigenvalue weighted by atomic mass is 32.2. The molecule has 10 heavy (non-hydrogen) atoms. The van der Waals surface area contributed by atoms with Crippen LogP contribution in [-0.4, -0.2) is 15.5 Å². The van der Waals surface area contributed by atoms with Gasteiger partial charge in [-0.2, -0.15) is 0 Å². The molecule has 0 radical (unpaired) electrons. The van der Waals surface area contributed by atoms with Crippen LogP contribution in [0.15, 0.2) is 0 Å². The highest BCUT2D eigenvalue weighted by Gasteiger charge is 1.98. The fourth-order valence-corrected chi connectivity index (χ4v) is 1.49. The third-order valence-electron chi connectivity index (χ3n) is 0.951. The Morgan fingerprint density at radius 1 is 1.40 bits per heavy atom. The SMILES string of the molecule is CCCCCSOP(O)O. The monoisotopic (exact) mass is 184 g/mol. The summed E-state index contributed by atoms with van der Waals surface area (Å²) in [6.45, 7) is 2.12. The average molecular weight is 184 g/mol. The van der Waals surface area contributed by atoms with Crippen LogP contribution in [0.4, 0.5) is 0 Å². The summed E-state index contributed by atoms with van der Waals surface area (Å²) < 4.78 is 4.48. The lowest BCUT2D eigenvalue weighted by Crippen LogP contribution is -1.79. The van der Waals surface area contributed by atoms with Crippen LogP contribution < -0.4 is 0 Å². The zero-order valence-electron chi connectivity index (χ0n) is 5.99. The van der Waals surface area contributed by atoms with E-state index in [1.807, 2.05) is 0 Å². The Morgan fingerprint density at radius 3 is 2.60 bits per heavy atom. The van der Waals surface area contributed by atoms with E-state index < -0.39 is 8.60 Å². The summed E-state index contributed by atoms with van der Waals surface area (Å²) >= 11 is 1.13. The molecule has 0 aliphatic carbocycles. The predicted molar refractivity (Wildman–Crippen MR) is 44.4 cm³/mol. The van der Waals surface area contributed by atoms with E-state index in [0.717, 1.165) is 24.2 Å². The van der Waals surface area contributed by atoms with Gasteiger partial charge in [0.2, 0.25) is 0 Å². The van der Waals surface area contributed by atoms with Gasteiger partial charge in [0.05, 0.1) is 0 Å². The summed E-state index contributed by atoms with van der Waals surface area (Å²) in [6.07, 6.45) is 3.42. The Labute approximate surface area is 67.0 Å². The van der Waals surface area contributed by atoms with Crippen molar-refractivity contribution in [2.45, 2.75) is 26.2 Å². The van der Waals surface area contributed by atoms with E-state index in [1.165, 1.54) is 12.8 Å². The average Bonchev–Trinajstić information content (AvgIpc) is 1.87. The molecule has 0 aromatic heterocycles. The topological polar surface area (TPSA) is 49.7 Å². The number of rotatable bonds is 6. The first-order valence-corrected chi connectivity index (χ1v) is 5.32. The van der Waals surface area contributed by atoms with E-state index in [0.29, 0.717) is 0 Å². The maximum Gasteiger partial charge on any atom is 0.339 e. The number of hydrogen-bond acceptors (Lipinski definition) is 4. The summed E-state index contributed by atoms with van der Waals surface area (Å²) in [5.41, 5.74) is 0. The van der Waals surface area contributed by atoms with Gasteiger partial charge in [-0.05, 0) is 6.42 Å². The fourth-order valence-electron chi connectivity index (χ4n) is 0.495. The number of hydrogen-bond donors (Lipinski definition) is 2. The largest absolute Gasteiger partial charge is 0.339 e. The summed E-state index contributed by atoms with van der Waals surface area (Å²) in [4.78, 5) is 16.6. The standard InChI is InChI=1S/C5H13O3PS/c1-2-3-4-5-10-8-9(6)7/h6-7H,2-5H2,1H3. The molecular weight excluding hydrogens is 171 g/mol. The van der Waals surface area contributed by atoms with Crippen LogP contribution in [0.3, 0.4) is 0 Å².